The van der Waals surface area contributed by atoms with Crippen molar-refractivity contribution < 1.29 is 9.59 Å². The molecule has 1 aromatic heterocycles. The number of nitrogens with one attached hydrogen (secondary N) is 2. The molecule has 0 unspecified atom stereocenters. The molecule has 10 heteroatoms. The molecule has 2 rings (SSSR count). The van der Waals surface area contributed by atoms with Crippen molar-refractivity contribution in [3.8, 4) is 0 Å². The van der Waals surface area contributed by atoms with Crippen LogP contribution in [-0.2, 0) is 4.79 Å². The number of alkyl halides is 3. The van der Waals surface area contributed by atoms with Crippen molar-refractivity contribution in [2.45, 2.75) is 16.9 Å². The normalized spacial score (nSPS) is 12.3. The highest BCUT2D eigenvalue weighted by Crippen LogP contribution is 2.36. The minimum Gasteiger partial charge on any atom is -0.328 e. The summed E-state index contributed by atoms with van der Waals surface area (Å²) in [5.41, 5.74) is -0.478. The molecule has 2 N–H and O–H groups in total. The van der Waals surface area contributed by atoms with E-state index >= 15 is 0 Å². The zero-order valence-electron chi connectivity index (χ0n) is 12.9. The quantitative estimate of drug-likeness (QED) is 0.767. The Balaban J connectivity index is 2.34. The van der Waals surface area contributed by atoms with Crippen LogP contribution in [0.1, 0.15) is 23.4 Å². The molecule has 2 aromatic rings. The van der Waals surface area contributed by atoms with Gasteiger partial charge in [0.1, 0.15) is 5.82 Å². The van der Waals surface area contributed by atoms with Crippen LogP contribution >= 0.6 is 34.8 Å². The van der Waals surface area contributed by atoms with Gasteiger partial charge in [-0.05, 0) is 18.2 Å². The zero-order chi connectivity index (χ0) is 18.6. The van der Waals surface area contributed by atoms with E-state index < -0.39 is 21.6 Å². The summed E-state index contributed by atoms with van der Waals surface area (Å²) in [4.78, 5) is 39.2. The molecule has 0 aliphatic carbocycles. The van der Waals surface area contributed by atoms with Gasteiger partial charge in [0, 0.05) is 18.7 Å². The predicted molar refractivity (Wildman–Crippen MR) is 96.0 cm³/mol. The lowest BCUT2D eigenvalue weighted by Crippen LogP contribution is -2.45. The van der Waals surface area contributed by atoms with Crippen LogP contribution in [0.25, 0.3) is 0 Å². The van der Waals surface area contributed by atoms with E-state index in [0.29, 0.717) is 5.56 Å². The van der Waals surface area contributed by atoms with Gasteiger partial charge >= 0.3 is 5.69 Å². The number of amides is 2. The van der Waals surface area contributed by atoms with Gasteiger partial charge < -0.3 is 10.6 Å². The van der Waals surface area contributed by atoms with Gasteiger partial charge in [0.2, 0.25) is 9.70 Å². The molecule has 0 aliphatic rings. The highest BCUT2D eigenvalue weighted by Gasteiger charge is 2.36. The van der Waals surface area contributed by atoms with E-state index in [1.807, 2.05) is 0 Å². The van der Waals surface area contributed by atoms with Gasteiger partial charge in [-0.15, -0.1) is 0 Å². The summed E-state index contributed by atoms with van der Waals surface area (Å²) in [6.45, 7) is 1.28. The topological polar surface area (TPSA) is 93.1 Å². The van der Waals surface area contributed by atoms with Gasteiger partial charge in [0.05, 0.1) is 0 Å². The first-order valence-electron chi connectivity index (χ1n) is 6.98. The van der Waals surface area contributed by atoms with E-state index in [2.05, 4.69) is 15.6 Å². The van der Waals surface area contributed by atoms with Gasteiger partial charge in [-0.1, -0.05) is 53.0 Å². The van der Waals surface area contributed by atoms with Crippen molar-refractivity contribution in [3.63, 3.8) is 0 Å². The van der Waals surface area contributed by atoms with Crippen LogP contribution in [0.2, 0.25) is 0 Å². The second-order valence-corrected chi connectivity index (χ2v) is 7.34. The Bertz CT molecular complexity index is 834. The smallest absolute Gasteiger partial charge is 0.328 e. The summed E-state index contributed by atoms with van der Waals surface area (Å²) in [6, 6.07) is 9.60. The maximum atomic E-state index is 12.3. The third-order valence-electron chi connectivity index (χ3n) is 3.03. The summed E-state index contributed by atoms with van der Waals surface area (Å²) < 4.78 is -1.06. The van der Waals surface area contributed by atoms with E-state index in [-0.39, 0.29) is 11.7 Å². The first-order valence-corrected chi connectivity index (χ1v) is 8.11. The second-order valence-electron chi connectivity index (χ2n) is 4.97. The molecule has 7 nitrogen and oxygen atoms in total. The molecule has 0 saturated carbocycles. The van der Waals surface area contributed by atoms with Crippen LogP contribution in [0.4, 0.5) is 5.82 Å². The first-order chi connectivity index (χ1) is 11.7. The summed E-state index contributed by atoms with van der Waals surface area (Å²) in [7, 11) is 0. The fourth-order valence-corrected chi connectivity index (χ4v) is 2.44. The number of anilines is 1. The molecule has 2 amide bonds. The van der Waals surface area contributed by atoms with Gasteiger partial charge in [0.25, 0.3) is 5.91 Å². The van der Waals surface area contributed by atoms with Crippen molar-refractivity contribution in [1.29, 1.82) is 0 Å². The number of carbonyl (C=O) groups excluding carboxylic acids is 2. The van der Waals surface area contributed by atoms with E-state index in [0.717, 1.165) is 4.57 Å². The SMILES string of the molecule is CC(=O)Nc1ccn([C@H](NC(=O)c2ccccc2)C(Cl)(Cl)Cl)c(=O)n1. The Kier molecular flexibility index (Phi) is 6.05. The Morgan fingerprint density at radius 1 is 1.16 bits per heavy atom. The number of nitrogens with zero attached hydrogens (tertiary/aromatic N) is 2. The molecule has 0 bridgehead atoms. The van der Waals surface area contributed by atoms with Gasteiger partial charge in [-0.3, -0.25) is 14.2 Å². The average Bonchev–Trinajstić information content (AvgIpc) is 2.52. The van der Waals surface area contributed by atoms with Crippen molar-refractivity contribution in [2.24, 2.45) is 0 Å². The highest BCUT2D eigenvalue weighted by molar-refractivity contribution is 6.67. The van der Waals surface area contributed by atoms with Crippen LogP contribution in [0.15, 0.2) is 47.4 Å². The largest absolute Gasteiger partial charge is 0.351 e. The molecular formula is C15H13Cl3N4O3. The fourth-order valence-electron chi connectivity index (χ4n) is 1.97. The van der Waals surface area contributed by atoms with Gasteiger partial charge in [-0.2, -0.15) is 4.98 Å². The van der Waals surface area contributed by atoms with Crippen LogP contribution in [-0.4, -0.2) is 25.2 Å². The Morgan fingerprint density at radius 3 is 2.32 bits per heavy atom. The predicted octanol–water partition coefficient (Wildman–Crippen LogP) is 2.50. The highest BCUT2D eigenvalue weighted by atomic mass is 35.6. The standard InChI is InChI=1S/C15H13Cl3N4O3/c1-9(23)19-11-7-8-22(14(25)20-11)13(15(16,17)18)21-12(24)10-5-3-2-4-6-10/h2-8,13H,1H3,(H,21,24)(H,19,20,23,25)/t13-/m0/s1. The molecule has 0 spiro atoms. The number of rotatable bonds is 4. The molecule has 1 atom stereocenters. The second kappa shape index (κ2) is 7.86. The third-order valence-corrected chi connectivity index (χ3v) is 3.65. The number of aromatic nitrogens is 2. The zero-order valence-corrected chi connectivity index (χ0v) is 15.1. The lowest BCUT2D eigenvalue weighted by atomic mass is 10.2. The number of hydrogen-bond acceptors (Lipinski definition) is 4. The van der Waals surface area contributed by atoms with E-state index in [4.69, 9.17) is 34.8 Å². The molecule has 1 aromatic carbocycles. The lowest BCUT2D eigenvalue weighted by Gasteiger charge is -2.27. The third kappa shape index (κ3) is 5.19. The minimum absolute atomic E-state index is 0.0474. The van der Waals surface area contributed by atoms with Crippen molar-refractivity contribution in [1.82, 2.24) is 14.9 Å². The maximum absolute atomic E-state index is 12.3. The van der Waals surface area contributed by atoms with Crippen LogP contribution < -0.4 is 16.3 Å². The summed E-state index contributed by atoms with van der Waals surface area (Å²) in [5, 5.41) is 4.86. The minimum atomic E-state index is -2.02. The average molecular weight is 404 g/mol. The summed E-state index contributed by atoms with van der Waals surface area (Å²) in [6.07, 6.45) is -0.0464. The number of benzene rings is 1. The fraction of sp³-hybridized carbons (Fsp3) is 0.200. The van der Waals surface area contributed by atoms with Crippen LogP contribution in [0.5, 0.6) is 0 Å². The Hall–Kier alpha value is -2.09. The summed E-state index contributed by atoms with van der Waals surface area (Å²) >= 11 is 17.8. The lowest BCUT2D eigenvalue weighted by molar-refractivity contribution is -0.114. The molecule has 0 fully saturated rings. The van der Waals surface area contributed by atoms with Gasteiger partial charge in [0.15, 0.2) is 6.17 Å². The number of halogens is 3. The van der Waals surface area contributed by atoms with E-state index in [9.17, 15) is 14.4 Å². The molecule has 1 heterocycles. The van der Waals surface area contributed by atoms with Gasteiger partial charge in [-0.25, -0.2) is 4.79 Å². The van der Waals surface area contributed by atoms with Crippen molar-refractivity contribution in [3.05, 3.63) is 58.6 Å². The monoisotopic (exact) mass is 402 g/mol. The molecule has 0 saturated heterocycles. The van der Waals surface area contributed by atoms with Crippen molar-refractivity contribution >= 4 is 52.4 Å². The van der Waals surface area contributed by atoms with Crippen LogP contribution in [0.3, 0.4) is 0 Å². The van der Waals surface area contributed by atoms with E-state index in [1.165, 1.54) is 19.2 Å². The van der Waals surface area contributed by atoms with E-state index in [1.54, 1.807) is 30.3 Å². The van der Waals surface area contributed by atoms with Crippen molar-refractivity contribution in [2.75, 3.05) is 5.32 Å². The molecule has 132 valence electrons. The number of carbonyl (C=O) groups is 2. The Labute approximate surface area is 157 Å². The maximum Gasteiger partial charge on any atom is 0.351 e. The molecule has 0 radical (unpaired) electrons. The van der Waals surface area contributed by atoms with Crippen LogP contribution in [0, 0.1) is 0 Å². The Morgan fingerprint density at radius 2 is 1.80 bits per heavy atom. The molecule has 0 aliphatic heterocycles. The summed E-state index contributed by atoms with van der Waals surface area (Å²) in [5.74, 6) is -0.874. The number of hydrogen-bond donors (Lipinski definition) is 2. The first kappa shape index (κ1) is 19.2. The molecule has 25 heavy (non-hydrogen) atoms. The molecular weight excluding hydrogens is 391 g/mol.